The Labute approximate surface area is 211 Å². The topological polar surface area (TPSA) is 57.6 Å². The Balaban J connectivity index is 1.33. The van der Waals surface area contributed by atoms with Gasteiger partial charge in [0, 0.05) is 50.7 Å². The molecule has 1 fully saturated rings. The summed E-state index contributed by atoms with van der Waals surface area (Å²) < 4.78 is 15.8. The standard InChI is InChI=1S/C29H33FN4O2/c1-29(2)24-9-4-5-10-25(24)34(28(29)36)23-12-15-32(16-13-23)27(35)26(33-14-11-22(19-33)31-3)18-20-7-6-8-21(30)17-20/h4-11,14,17,19,23,26,31H,12-13,15-16,18H2,1-3H3/t26-/m0/s1. The number of likely N-dealkylation sites (tertiary alicyclic amines) is 1. The van der Waals surface area contributed by atoms with Gasteiger partial charge < -0.3 is 19.7 Å². The van der Waals surface area contributed by atoms with Crippen LogP contribution in [0.2, 0.25) is 0 Å². The number of rotatable bonds is 6. The molecule has 0 saturated carbocycles. The second-order valence-corrected chi connectivity index (χ2v) is 10.3. The molecular weight excluding hydrogens is 455 g/mol. The van der Waals surface area contributed by atoms with Gasteiger partial charge in [-0.05, 0) is 62.1 Å². The highest BCUT2D eigenvalue weighted by Crippen LogP contribution is 2.43. The normalized spacial score (nSPS) is 18.3. The second-order valence-electron chi connectivity index (χ2n) is 10.3. The molecule has 7 heteroatoms. The zero-order valence-corrected chi connectivity index (χ0v) is 21.1. The Morgan fingerprint density at radius 2 is 1.86 bits per heavy atom. The van der Waals surface area contributed by atoms with E-state index in [0.717, 1.165) is 35.3 Å². The van der Waals surface area contributed by atoms with Crippen LogP contribution in [0.5, 0.6) is 0 Å². The number of hydrogen-bond acceptors (Lipinski definition) is 3. The molecule has 0 spiro atoms. The van der Waals surface area contributed by atoms with Gasteiger partial charge in [-0.15, -0.1) is 0 Å². The Morgan fingerprint density at radius 3 is 2.56 bits per heavy atom. The molecule has 1 N–H and O–H groups in total. The number of anilines is 2. The van der Waals surface area contributed by atoms with Gasteiger partial charge in [0.1, 0.15) is 11.9 Å². The Hall–Kier alpha value is -3.61. The summed E-state index contributed by atoms with van der Waals surface area (Å²) in [6.07, 6.45) is 5.66. The molecule has 3 heterocycles. The number of halogens is 1. The van der Waals surface area contributed by atoms with E-state index in [2.05, 4.69) is 5.32 Å². The van der Waals surface area contributed by atoms with Crippen LogP contribution in [-0.2, 0) is 21.4 Å². The van der Waals surface area contributed by atoms with Crippen LogP contribution in [0.25, 0.3) is 0 Å². The Morgan fingerprint density at radius 1 is 1.11 bits per heavy atom. The number of fused-ring (bicyclic) bond motifs is 1. The highest BCUT2D eigenvalue weighted by molar-refractivity contribution is 6.08. The minimum absolute atomic E-state index is 0.0180. The maximum absolute atomic E-state index is 13.9. The van der Waals surface area contributed by atoms with Gasteiger partial charge in [-0.25, -0.2) is 4.39 Å². The lowest BCUT2D eigenvalue weighted by Gasteiger charge is -2.39. The van der Waals surface area contributed by atoms with Crippen LogP contribution in [0.4, 0.5) is 15.8 Å². The highest BCUT2D eigenvalue weighted by Gasteiger charge is 2.46. The van der Waals surface area contributed by atoms with Crippen molar-refractivity contribution >= 4 is 23.2 Å². The van der Waals surface area contributed by atoms with Crippen molar-refractivity contribution in [3.05, 3.63) is 83.9 Å². The van der Waals surface area contributed by atoms with Crippen molar-refractivity contribution < 1.29 is 14.0 Å². The summed E-state index contributed by atoms with van der Waals surface area (Å²) in [5.74, 6) is -0.157. The average molecular weight is 489 g/mol. The first-order chi connectivity index (χ1) is 17.3. The van der Waals surface area contributed by atoms with Gasteiger partial charge in [-0.2, -0.15) is 0 Å². The van der Waals surface area contributed by atoms with Gasteiger partial charge in [0.2, 0.25) is 11.8 Å². The van der Waals surface area contributed by atoms with Crippen LogP contribution < -0.4 is 10.2 Å². The molecular formula is C29H33FN4O2. The number of carbonyl (C=O) groups excluding carboxylic acids is 2. The zero-order valence-electron chi connectivity index (χ0n) is 21.1. The Kier molecular flexibility index (Phi) is 6.33. The maximum Gasteiger partial charge on any atom is 0.245 e. The molecule has 0 unspecified atom stereocenters. The van der Waals surface area contributed by atoms with Crippen molar-refractivity contribution in [2.45, 2.75) is 50.6 Å². The fourth-order valence-corrected chi connectivity index (χ4v) is 5.62. The van der Waals surface area contributed by atoms with E-state index in [4.69, 9.17) is 0 Å². The molecule has 6 nitrogen and oxygen atoms in total. The Bertz CT molecular complexity index is 1280. The van der Waals surface area contributed by atoms with Gasteiger partial charge in [0.25, 0.3) is 0 Å². The van der Waals surface area contributed by atoms with E-state index in [1.54, 1.807) is 6.07 Å². The lowest BCUT2D eigenvalue weighted by Crippen LogP contribution is -2.51. The maximum atomic E-state index is 13.9. The number of piperidine rings is 1. The molecule has 1 aromatic heterocycles. The van der Waals surface area contributed by atoms with Crippen LogP contribution >= 0.6 is 0 Å². The van der Waals surface area contributed by atoms with Crippen LogP contribution in [0, 0.1) is 5.82 Å². The minimum atomic E-state index is -0.543. The van der Waals surface area contributed by atoms with Crippen molar-refractivity contribution in [1.29, 1.82) is 0 Å². The van der Waals surface area contributed by atoms with Crippen LogP contribution in [0.15, 0.2) is 67.0 Å². The zero-order chi connectivity index (χ0) is 25.4. The van der Waals surface area contributed by atoms with Gasteiger partial charge in [-0.3, -0.25) is 9.59 Å². The molecule has 1 saturated heterocycles. The summed E-state index contributed by atoms with van der Waals surface area (Å²) >= 11 is 0. The van der Waals surface area contributed by atoms with E-state index in [1.807, 2.05) is 84.1 Å². The van der Waals surface area contributed by atoms with Gasteiger partial charge in [-0.1, -0.05) is 30.3 Å². The molecule has 36 heavy (non-hydrogen) atoms. The lowest BCUT2D eigenvalue weighted by molar-refractivity contribution is -0.135. The predicted octanol–water partition coefficient (Wildman–Crippen LogP) is 4.77. The molecule has 0 bridgehead atoms. The van der Waals surface area contributed by atoms with Gasteiger partial charge in [0.05, 0.1) is 11.1 Å². The van der Waals surface area contributed by atoms with Gasteiger partial charge in [0.15, 0.2) is 0 Å². The number of nitrogens with zero attached hydrogens (tertiary/aromatic N) is 3. The number of benzene rings is 2. The second kappa shape index (κ2) is 9.45. The molecule has 0 radical (unpaired) electrons. The monoisotopic (exact) mass is 488 g/mol. The third-order valence-corrected chi connectivity index (χ3v) is 7.70. The van der Waals surface area contributed by atoms with E-state index in [0.29, 0.717) is 19.5 Å². The van der Waals surface area contributed by atoms with Crippen molar-refractivity contribution in [3.8, 4) is 0 Å². The molecule has 1 atom stereocenters. The molecule has 188 valence electrons. The van der Waals surface area contributed by atoms with Crippen molar-refractivity contribution in [1.82, 2.24) is 9.47 Å². The molecule has 2 aliphatic rings. The van der Waals surface area contributed by atoms with E-state index in [9.17, 15) is 14.0 Å². The predicted molar refractivity (Wildman–Crippen MR) is 140 cm³/mol. The minimum Gasteiger partial charge on any atom is -0.387 e. The number of para-hydroxylation sites is 1. The van der Waals surface area contributed by atoms with Crippen molar-refractivity contribution in [2.75, 3.05) is 30.4 Å². The smallest absolute Gasteiger partial charge is 0.245 e. The van der Waals surface area contributed by atoms with Crippen LogP contribution in [-0.4, -0.2) is 47.5 Å². The van der Waals surface area contributed by atoms with Crippen molar-refractivity contribution in [2.24, 2.45) is 0 Å². The number of hydrogen-bond donors (Lipinski definition) is 1. The highest BCUT2D eigenvalue weighted by atomic mass is 19.1. The number of aromatic nitrogens is 1. The summed E-state index contributed by atoms with van der Waals surface area (Å²) in [6.45, 7) is 5.13. The lowest BCUT2D eigenvalue weighted by atomic mass is 9.86. The SMILES string of the molecule is CNc1ccn([C@@H](Cc2cccc(F)c2)C(=O)N2CCC(N3C(=O)C(C)(C)c4ccccc43)CC2)c1. The van der Waals surface area contributed by atoms with Crippen LogP contribution in [0.3, 0.4) is 0 Å². The first-order valence-corrected chi connectivity index (χ1v) is 12.6. The van der Waals surface area contributed by atoms with Crippen molar-refractivity contribution in [3.63, 3.8) is 0 Å². The summed E-state index contributed by atoms with van der Waals surface area (Å²) in [5, 5.41) is 3.11. The van der Waals surface area contributed by atoms with Crippen LogP contribution in [0.1, 0.15) is 43.9 Å². The third-order valence-electron chi connectivity index (χ3n) is 7.70. The van der Waals surface area contributed by atoms with E-state index in [-0.39, 0.29) is 23.7 Å². The molecule has 5 rings (SSSR count). The van der Waals surface area contributed by atoms with E-state index >= 15 is 0 Å². The number of carbonyl (C=O) groups is 2. The summed E-state index contributed by atoms with van der Waals surface area (Å²) in [6, 6.07) is 16.0. The fraction of sp³-hybridized carbons (Fsp3) is 0.379. The summed E-state index contributed by atoms with van der Waals surface area (Å²) in [7, 11) is 1.84. The quantitative estimate of drug-likeness (QED) is 0.544. The van der Waals surface area contributed by atoms with Gasteiger partial charge >= 0.3 is 0 Å². The number of nitrogens with one attached hydrogen (secondary N) is 1. The van der Waals surface area contributed by atoms with E-state index in [1.165, 1.54) is 12.1 Å². The summed E-state index contributed by atoms with van der Waals surface area (Å²) in [4.78, 5) is 31.0. The molecule has 2 aromatic carbocycles. The average Bonchev–Trinajstić information content (AvgIpc) is 3.44. The fourth-order valence-electron chi connectivity index (χ4n) is 5.62. The van der Waals surface area contributed by atoms with E-state index < -0.39 is 11.5 Å². The first kappa shape index (κ1) is 24.1. The molecule has 0 aliphatic carbocycles. The molecule has 2 amide bonds. The molecule has 2 aliphatic heterocycles. The summed E-state index contributed by atoms with van der Waals surface area (Å²) in [5.41, 5.74) is 3.22. The largest absolute Gasteiger partial charge is 0.387 e. The third kappa shape index (κ3) is 4.27. The number of amides is 2. The first-order valence-electron chi connectivity index (χ1n) is 12.6. The molecule has 3 aromatic rings.